The molecule has 2 aromatic rings. The summed E-state index contributed by atoms with van der Waals surface area (Å²) >= 11 is -1.47. The first-order valence-corrected chi connectivity index (χ1v) is 11.3. The van der Waals surface area contributed by atoms with Gasteiger partial charge in [-0.2, -0.15) is 0 Å². The molecule has 0 spiro atoms. The van der Waals surface area contributed by atoms with Crippen molar-refractivity contribution in [2.45, 2.75) is 31.1 Å². The minimum atomic E-state index is -1.47. The van der Waals surface area contributed by atoms with Gasteiger partial charge >= 0.3 is 0 Å². The lowest BCUT2D eigenvalue weighted by atomic mass is 9.88. The van der Waals surface area contributed by atoms with Crippen molar-refractivity contribution in [3.05, 3.63) is 77.9 Å². The second-order valence-corrected chi connectivity index (χ2v) is 10.3. The predicted octanol–water partition coefficient (Wildman–Crippen LogP) is 3.51. The zero-order valence-electron chi connectivity index (χ0n) is 17.8. The number of benzene rings is 2. The van der Waals surface area contributed by atoms with E-state index in [9.17, 15) is 9.35 Å². The highest BCUT2D eigenvalue weighted by Gasteiger charge is 2.47. The Morgan fingerprint density at radius 2 is 1.60 bits per heavy atom. The molecule has 1 aliphatic heterocycles. The predicted molar refractivity (Wildman–Crippen MR) is 122 cm³/mol. The standard InChI is InChI=1S/C24H30N2O3S/c1-23(2,3)30(28)25-24(21-12-8-5-9-13-21,15-14-20-10-6-4-7-11-20)22(27)26-16-18-29-19-17-26/h4-15,25H,16-19H2,1-3H3/b15-14+/t24-,30?/m0/s1. The molecule has 1 N–H and O–H groups in total. The number of morpholine rings is 1. The Morgan fingerprint density at radius 3 is 2.17 bits per heavy atom. The number of ether oxygens (including phenoxy) is 1. The van der Waals surface area contributed by atoms with Crippen LogP contribution in [0.4, 0.5) is 0 Å². The van der Waals surface area contributed by atoms with Crippen LogP contribution in [0.1, 0.15) is 31.9 Å². The summed E-state index contributed by atoms with van der Waals surface area (Å²) in [6.45, 7) is 7.71. The highest BCUT2D eigenvalue weighted by molar-refractivity contribution is 7.90. The molecule has 0 aromatic heterocycles. The summed E-state index contributed by atoms with van der Waals surface area (Å²) in [4.78, 5) is 15.7. The van der Waals surface area contributed by atoms with Gasteiger partial charge in [-0.1, -0.05) is 66.7 Å². The van der Waals surface area contributed by atoms with E-state index in [1.807, 2.05) is 93.6 Å². The fraction of sp³-hybridized carbons (Fsp3) is 0.375. The van der Waals surface area contributed by atoms with E-state index in [-0.39, 0.29) is 5.91 Å². The van der Waals surface area contributed by atoms with E-state index in [0.717, 1.165) is 11.1 Å². The van der Waals surface area contributed by atoms with Crippen LogP contribution in [-0.2, 0) is 26.4 Å². The van der Waals surface area contributed by atoms with E-state index in [1.54, 1.807) is 4.90 Å². The first kappa shape index (κ1) is 22.6. The van der Waals surface area contributed by atoms with Gasteiger partial charge in [-0.05, 0) is 38.0 Å². The molecule has 1 heterocycles. The lowest BCUT2D eigenvalue weighted by Crippen LogP contribution is -2.60. The Bertz CT molecular complexity index is 846. The third-order valence-electron chi connectivity index (χ3n) is 5.00. The molecule has 160 valence electrons. The Labute approximate surface area is 182 Å². The maximum atomic E-state index is 13.9. The molecular weight excluding hydrogens is 396 g/mol. The van der Waals surface area contributed by atoms with Crippen molar-refractivity contribution < 1.29 is 14.1 Å². The van der Waals surface area contributed by atoms with E-state index in [4.69, 9.17) is 4.74 Å². The van der Waals surface area contributed by atoms with Crippen LogP contribution in [0.3, 0.4) is 0 Å². The first-order valence-electron chi connectivity index (χ1n) is 10.2. The Morgan fingerprint density at radius 1 is 1.03 bits per heavy atom. The largest absolute Gasteiger partial charge is 0.598 e. The van der Waals surface area contributed by atoms with Gasteiger partial charge in [-0.25, -0.2) is 0 Å². The summed E-state index contributed by atoms with van der Waals surface area (Å²) in [5, 5.41) is 0. The fourth-order valence-corrected chi connectivity index (χ4v) is 4.10. The third kappa shape index (κ3) is 5.32. The van der Waals surface area contributed by atoms with Gasteiger partial charge in [0.2, 0.25) is 0 Å². The van der Waals surface area contributed by atoms with Gasteiger partial charge in [0.25, 0.3) is 5.91 Å². The van der Waals surface area contributed by atoms with Crippen molar-refractivity contribution in [1.82, 2.24) is 9.62 Å². The molecule has 5 nitrogen and oxygen atoms in total. The normalized spacial score (nSPS) is 18.2. The molecule has 2 aromatic carbocycles. The molecule has 6 heteroatoms. The second kappa shape index (κ2) is 9.79. The lowest BCUT2D eigenvalue weighted by molar-refractivity contribution is -0.140. The minimum Gasteiger partial charge on any atom is -0.598 e. The van der Waals surface area contributed by atoms with Crippen molar-refractivity contribution >= 4 is 23.3 Å². The molecule has 0 bridgehead atoms. The second-order valence-electron chi connectivity index (χ2n) is 8.31. The molecular formula is C24H30N2O3S. The summed E-state index contributed by atoms with van der Waals surface area (Å²) < 4.78 is 21.3. The summed E-state index contributed by atoms with van der Waals surface area (Å²) in [7, 11) is 0. The van der Waals surface area contributed by atoms with Crippen molar-refractivity contribution in [2.24, 2.45) is 0 Å². The van der Waals surface area contributed by atoms with E-state index in [2.05, 4.69) is 4.72 Å². The van der Waals surface area contributed by atoms with Gasteiger partial charge in [-0.3, -0.25) is 4.79 Å². The monoisotopic (exact) mass is 426 g/mol. The molecule has 30 heavy (non-hydrogen) atoms. The highest BCUT2D eigenvalue weighted by atomic mass is 32.2. The van der Waals surface area contributed by atoms with Gasteiger partial charge in [-0.15, -0.1) is 4.72 Å². The van der Waals surface area contributed by atoms with Crippen LogP contribution in [0.25, 0.3) is 6.08 Å². The van der Waals surface area contributed by atoms with Gasteiger partial charge in [0, 0.05) is 24.5 Å². The van der Waals surface area contributed by atoms with E-state index >= 15 is 0 Å². The molecule has 0 saturated carbocycles. The minimum absolute atomic E-state index is 0.123. The summed E-state index contributed by atoms with van der Waals surface area (Å²) in [5.74, 6) is -0.123. The summed E-state index contributed by atoms with van der Waals surface area (Å²) in [5.41, 5.74) is 0.467. The van der Waals surface area contributed by atoms with Crippen LogP contribution in [-0.4, -0.2) is 46.4 Å². The topological polar surface area (TPSA) is 64.6 Å². The molecule has 1 saturated heterocycles. The number of hydrogen-bond acceptors (Lipinski definition) is 4. The Kier molecular flexibility index (Phi) is 7.36. The smallest absolute Gasteiger partial charge is 0.256 e. The van der Waals surface area contributed by atoms with Crippen molar-refractivity contribution in [3.8, 4) is 0 Å². The molecule has 1 amide bonds. The zero-order chi connectivity index (χ0) is 21.6. The summed E-state index contributed by atoms with van der Waals surface area (Å²) in [6, 6.07) is 19.3. The first-order chi connectivity index (χ1) is 14.3. The van der Waals surface area contributed by atoms with Gasteiger partial charge < -0.3 is 14.2 Å². The SMILES string of the molecule is CC(C)(C)[S+]([O-])N[C@](/C=C/c1ccccc1)(C(=O)N1CCOCC1)c1ccccc1. The zero-order valence-corrected chi connectivity index (χ0v) is 18.7. The maximum Gasteiger partial charge on any atom is 0.256 e. The number of rotatable bonds is 6. The third-order valence-corrected chi connectivity index (χ3v) is 6.62. The molecule has 1 unspecified atom stereocenters. The van der Waals surface area contributed by atoms with E-state index in [1.165, 1.54) is 0 Å². The number of hydrogen-bond donors (Lipinski definition) is 1. The Hall–Kier alpha value is -2.12. The van der Waals surface area contributed by atoms with Crippen molar-refractivity contribution in [3.63, 3.8) is 0 Å². The average molecular weight is 427 g/mol. The van der Waals surface area contributed by atoms with E-state index in [0.29, 0.717) is 26.3 Å². The van der Waals surface area contributed by atoms with Crippen LogP contribution < -0.4 is 4.72 Å². The van der Waals surface area contributed by atoms with Gasteiger partial charge in [0.05, 0.1) is 13.2 Å². The van der Waals surface area contributed by atoms with Crippen molar-refractivity contribution in [2.75, 3.05) is 26.3 Å². The molecule has 1 aliphatic rings. The van der Waals surface area contributed by atoms with Crippen molar-refractivity contribution in [1.29, 1.82) is 0 Å². The van der Waals surface area contributed by atoms with Crippen LogP contribution in [0.2, 0.25) is 0 Å². The summed E-state index contributed by atoms with van der Waals surface area (Å²) in [6.07, 6.45) is 3.76. The maximum absolute atomic E-state index is 13.9. The highest BCUT2D eigenvalue weighted by Crippen LogP contribution is 2.31. The molecule has 1 fully saturated rings. The number of carbonyl (C=O) groups excluding carboxylic acids is 1. The molecule has 3 rings (SSSR count). The molecule has 2 atom stereocenters. The van der Waals surface area contributed by atoms with Crippen LogP contribution in [0.5, 0.6) is 0 Å². The fourth-order valence-electron chi connectivity index (χ4n) is 3.23. The number of carbonyl (C=O) groups is 1. The average Bonchev–Trinajstić information content (AvgIpc) is 2.77. The molecule has 0 radical (unpaired) electrons. The Balaban J connectivity index is 2.11. The van der Waals surface area contributed by atoms with Crippen LogP contribution in [0, 0.1) is 0 Å². The molecule has 0 aliphatic carbocycles. The van der Waals surface area contributed by atoms with Gasteiger partial charge in [0.1, 0.15) is 4.75 Å². The van der Waals surface area contributed by atoms with E-state index < -0.39 is 21.6 Å². The lowest BCUT2D eigenvalue weighted by Gasteiger charge is -2.39. The number of nitrogens with one attached hydrogen (secondary N) is 1. The van der Waals surface area contributed by atoms with Crippen LogP contribution >= 0.6 is 0 Å². The quantitative estimate of drug-likeness (QED) is 0.718. The number of amides is 1. The number of nitrogens with zero attached hydrogens (tertiary/aromatic N) is 1. The van der Waals surface area contributed by atoms with Crippen LogP contribution in [0.15, 0.2) is 66.7 Å². The van der Waals surface area contributed by atoms with Gasteiger partial charge in [0.15, 0.2) is 5.54 Å².